The van der Waals surface area contributed by atoms with Crippen molar-refractivity contribution < 1.29 is 27.4 Å². The summed E-state index contributed by atoms with van der Waals surface area (Å²) < 4.78 is 48.7. The van der Waals surface area contributed by atoms with E-state index < -0.39 is 12.5 Å². The van der Waals surface area contributed by atoms with Gasteiger partial charge in [-0.15, -0.1) is 13.2 Å². The molecule has 6 rings (SSSR count). The van der Waals surface area contributed by atoms with E-state index in [0.29, 0.717) is 23.5 Å². The third kappa shape index (κ3) is 4.60. The van der Waals surface area contributed by atoms with Crippen LogP contribution in [0.4, 0.5) is 18.0 Å². The molecule has 2 atom stereocenters. The molecule has 1 unspecified atom stereocenters. The first-order valence-corrected chi connectivity index (χ1v) is 11.8. The summed E-state index contributed by atoms with van der Waals surface area (Å²) in [7, 11) is 0. The molecule has 0 radical (unpaired) electrons. The molecule has 34 heavy (non-hydrogen) atoms. The predicted octanol–water partition coefficient (Wildman–Crippen LogP) is 5.80. The highest BCUT2D eigenvalue weighted by atomic mass is 19.4. The summed E-state index contributed by atoms with van der Waals surface area (Å²) in [5, 5.41) is 3.05. The van der Waals surface area contributed by atoms with E-state index in [2.05, 4.69) is 28.8 Å². The van der Waals surface area contributed by atoms with Crippen molar-refractivity contribution >= 4 is 6.09 Å². The molecule has 1 N–H and O–H groups in total. The van der Waals surface area contributed by atoms with Crippen LogP contribution < -0.4 is 10.1 Å². The van der Waals surface area contributed by atoms with E-state index in [0.717, 1.165) is 43.6 Å². The minimum absolute atomic E-state index is 0.0658. The van der Waals surface area contributed by atoms with Crippen LogP contribution in [-0.2, 0) is 10.2 Å². The second-order valence-electron chi connectivity index (χ2n) is 10.2. The van der Waals surface area contributed by atoms with Crippen LogP contribution in [0.25, 0.3) is 11.1 Å². The van der Waals surface area contributed by atoms with Crippen molar-refractivity contribution in [3.63, 3.8) is 0 Å². The van der Waals surface area contributed by atoms with Crippen molar-refractivity contribution in [2.24, 2.45) is 5.92 Å². The van der Waals surface area contributed by atoms with Gasteiger partial charge < -0.3 is 14.8 Å². The summed E-state index contributed by atoms with van der Waals surface area (Å²) in [5.74, 6) is 0.200. The average molecular weight is 475 g/mol. The molecule has 3 fully saturated rings. The first kappa shape index (κ1) is 23.0. The molecule has 2 aromatic rings. The molecule has 5 nitrogen and oxygen atoms in total. The second kappa shape index (κ2) is 8.48. The van der Waals surface area contributed by atoms with Gasteiger partial charge in [-0.3, -0.25) is 4.90 Å². The highest BCUT2D eigenvalue weighted by Crippen LogP contribution is 2.47. The Bertz CT molecular complexity index is 1080. The quantitative estimate of drug-likeness (QED) is 0.609. The summed E-state index contributed by atoms with van der Waals surface area (Å²) in [6.07, 6.45) is -2.42. The van der Waals surface area contributed by atoms with Gasteiger partial charge in [0.05, 0.1) is 6.04 Å². The molecule has 3 aliphatic heterocycles. The fourth-order valence-corrected chi connectivity index (χ4v) is 5.75. The number of ether oxygens (including phenoxy) is 2. The van der Waals surface area contributed by atoms with Gasteiger partial charge in [-0.25, -0.2) is 4.79 Å². The van der Waals surface area contributed by atoms with E-state index in [-0.39, 0.29) is 23.3 Å². The first-order valence-electron chi connectivity index (χ1n) is 11.8. The van der Waals surface area contributed by atoms with Crippen LogP contribution in [0.1, 0.15) is 50.3 Å². The standard InChI is InChI=1S/C26H29F3N2O3/c1-25(2)14-21(30-24(32)33-23-15-31-11-9-16(23)10-12-31)19-8-7-17(13-20(19)25)18-5-3-4-6-22(18)34-26(27,28)29/h3-8,13,16,21,23H,9-12,14-15H2,1-2H3,(H,30,32)/t21?,23-/m0/s1. The van der Waals surface area contributed by atoms with Gasteiger partial charge in [0.15, 0.2) is 0 Å². The van der Waals surface area contributed by atoms with Crippen LogP contribution in [0, 0.1) is 5.92 Å². The number of carbonyl (C=O) groups excluding carboxylic acids is 1. The van der Waals surface area contributed by atoms with Gasteiger partial charge >= 0.3 is 12.5 Å². The normalized spacial score (nSPS) is 27.2. The van der Waals surface area contributed by atoms with Crippen molar-refractivity contribution in [3.05, 3.63) is 53.6 Å². The van der Waals surface area contributed by atoms with Crippen LogP contribution in [0.15, 0.2) is 42.5 Å². The maximum absolute atomic E-state index is 12.9. The number of benzene rings is 2. The SMILES string of the molecule is CC1(C)CC(NC(=O)O[C@H]2CN3CCC2CC3)c2ccc(-c3ccccc3OC(F)(F)F)cc21. The van der Waals surface area contributed by atoms with Crippen LogP contribution in [0.5, 0.6) is 5.75 Å². The Labute approximate surface area is 197 Å². The zero-order valence-corrected chi connectivity index (χ0v) is 19.3. The lowest BCUT2D eigenvalue weighted by molar-refractivity contribution is -0.274. The van der Waals surface area contributed by atoms with Gasteiger partial charge in [0.2, 0.25) is 0 Å². The van der Waals surface area contributed by atoms with Crippen LogP contribution >= 0.6 is 0 Å². The Hall–Kier alpha value is -2.74. The van der Waals surface area contributed by atoms with Gasteiger partial charge in [-0.2, -0.15) is 0 Å². The minimum atomic E-state index is -4.77. The fourth-order valence-electron chi connectivity index (χ4n) is 5.75. The number of nitrogens with zero attached hydrogens (tertiary/aromatic N) is 1. The number of rotatable bonds is 4. The third-order valence-corrected chi connectivity index (χ3v) is 7.44. The van der Waals surface area contributed by atoms with Crippen molar-refractivity contribution in [1.29, 1.82) is 0 Å². The zero-order chi connectivity index (χ0) is 24.1. The van der Waals surface area contributed by atoms with Crippen molar-refractivity contribution in [3.8, 4) is 16.9 Å². The van der Waals surface area contributed by atoms with E-state index >= 15 is 0 Å². The summed E-state index contributed by atoms with van der Waals surface area (Å²) >= 11 is 0. The molecular formula is C26H29F3N2O3. The first-order chi connectivity index (χ1) is 16.1. The monoisotopic (exact) mass is 474 g/mol. The maximum atomic E-state index is 12.9. The number of hydrogen-bond donors (Lipinski definition) is 1. The number of hydrogen-bond acceptors (Lipinski definition) is 4. The molecule has 1 amide bonds. The number of nitrogens with one attached hydrogen (secondary N) is 1. The average Bonchev–Trinajstić information content (AvgIpc) is 3.03. The molecule has 2 aromatic carbocycles. The van der Waals surface area contributed by atoms with E-state index in [1.807, 2.05) is 12.1 Å². The topological polar surface area (TPSA) is 50.8 Å². The zero-order valence-electron chi connectivity index (χ0n) is 19.3. The molecule has 1 aliphatic carbocycles. The summed E-state index contributed by atoms with van der Waals surface area (Å²) in [6.45, 7) is 7.11. The minimum Gasteiger partial charge on any atom is -0.445 e. The van der Waals surface area contributed by atoms with Crippen LogP contribution in [0.3, 0.4) is 0 Å². The van der Waals surface area contributed by atoms with Crippen LogP contribution in [0.2, 0.25) is 0 Å². The molecule has 2 bridgehead atoms. The number of piperidine rings is 3. The summed E-state index contributed by atoms with van der Waals surface area (Å²) in [5.41, 5.74) is 2.71. The van der Waals surface area contributed by atoms with Gasteiger partial charge in [-0.1, -0.05) is 50.2 Å². The molecule has 0 saturated carbocycles. The largest absolute Gasteiger partial charge is 0.573 e. The van der Waals surface area contributed by atoms with Crippen molar-refractivity contribution in [2.75, 3.05) is 19.6 Å². The lowest BCUT2D eigenvalue weighted by Crippen LogP contribution is -2.52. The van der Waals surface area contributed by atoms with E-state index in [9.17, 15) is 18.0 Å². The number of para-hydroxylation sites is 1. The highest BCUT2D eigenvalue weighted by Gasteiger charge is 2.40. The number of halogens is 3. The van der Waals surface area contributed by atoms with E-state index in [1.54, 1.807) is 18.2 Å². The number of amides is 1. The Morgan fingerprint density at radius 2 is 1.85 bits per heavy atom. The molecule has 8 heteroatoms. The Morgan fingerprint density at radius 3 is 2.53 bits per heavy atom. The number of fused-ring (bicyclic) bond motifs is 4. The van der Waals surface area contributed by atoms with Gasteiger partial charge in [0, 0.05) is 12.1 Å². The predicted molar refractivity (Wildman–Crippen MR) is 122 cm³/mol. The molecule has 0 spiro atoms. The summed E-state index contributed by atoms with van der Waals surface area (Å²) in [6, 6.07) is 11.5. The van der Waals surface area contributed by atoms with Crippen LogP contribution in [-0.4, -0.2) is 43.1 Å². The van der Waals surface area contributed by atoms with Crippen molar-refractivity contribution in [2.45, 2.75) is 57.0 Å². The highest BCUT2D eigenvalue weighted by molar-refractivity contribution is 5.73. The Balaban J connectivity index is 1.35. The van der Waals surface area contributed by atoms with Crippen molar-refractivity contribution in [1.82, 2.24) is 10.2 Å². The second-order valence-corrected chi connectivity index (χ2v) is 10.2. The fraction of sp³-hybridized carbons (Fsp3) is 0.500. The number of alkyl carbamates (subject to hydrolysis) is 1. The van der Waals surface area contributed by atoms with E-state index in [4.69, 9.17) is 4.74 Å². The summed E-state index contributed by atoms with van der Waals surface area (Å²) in [4.78, 5) is 15.1. The lowest BCUT2D eigenvalue weighted by Gasteiger charge is -2.43. The molecule has 4 aliphatic rings. The Kier molecular flexibility index (Phi) is 5.74. The van der Waals surface area contributed by atoms with Gasteiger partial charge in [0.25, 0.3) is 0 Å². The molecule has 3 heterocycles. The number of alkyl halides is 3. The molecule has 3 saturated heterocycles. The molecule has 182 valence electrons. The smallest absolute Gasteiger partial charge is 0.445 e. The maximum Gasteiger partial charge on any atom is 0.573 e. The Morgan fingerprint density at radius 1 is 1.12 bits per heavy atom. The lowest BCUT2D eigenvalue weighted by atomic mass is 9.85. The number of carbonyl (C=O) groups is 1. The van der Waals surface area contributed by atoms with E-state index in [1.165, 1.54) is 12.1 Å². The van der Waals surface area contributed by atoms with Gasteiger partial charge in [-0.05, 0) is 66.4 Å². The van der Waals surface area contributed by atoms with Gasteiger partial charge in [0.1, 0.15) is 11.9 Å². The molecule has 0 aromatic heterocycles. The molecular weight excluding hydrogens is 445 g/mol. The third-order valence-electron chi connectivity index (χ3n) is 7.44.